The van der Waals surface area contributed by atoms with Crippen LogP contribution in [0.15, 0.2) is 48.5 Å². The van der Waals surface area contributed by atoms with Crippen LogP contribution in [0.5, 0.6) is 11.5 Å². The molecule has 5 rings (SSSR count). The van der Waals surface area contributed by atoms with Gasteiger partial charge < -0.3 is 24.0 Å². The Labute approximate surface area is 259 Å². The zero-order chi connectivity index (χ0) is 30.7. The lowest BCUT2D eigenvalue weighted by atomic mass is 9.79. The molecule has 7 nitrogen and oxygen atoms in total. The van der Waals surface area contributed by atoms with Gasteiger partial charge in [0.15, 0.2) is 0 Å². The van der Waals surface area contributed by atoms with Crippen molar-refractivity contribution in [3.63, 3.8) is 0 Å². The maximum atomic E-state index is 15.3. The minimum Gasteiger partial charge on any atom is -0.497 e. The Kier molecular flexibility index (Phi) is 9.32. The van der Waals surface area contributed by atoms with Gasteiger partial charge in [0.25, 0.3) is 0 Å². The van der Waals surface area contributed by atoms with Gasteiger partial charge in [0.1, 0.15) is 35.2 Å². The van der Waals surface area contributed by atoms with Crippen molar-refractivity contribution < 1.29 is 32.6 Å². The van der Waals surface area contributed by atoms with Gasteiger partial charge in [-0.15, -0.1) is 0 Å². The van der Waals surface area contributed by atoms with E-state index in [9.17, 15) is 14.0 Å². The number of amides is 1. The van der Waals surface area contributed by atoms with E-state index in [0.29, 0.717) is 60.1 Å². The van der Waals surface area contributed by atoms with E-state index >= 15 is 4.39 Å². The molecule has 3 aromatic carbocycles. The SMILES string of the molecule is CCOC(=O)C1(COc2ccc(F)c3c2CCC(=O)N3Cc2ccc(OC)cc2)CCN(c2cc(F)c(Cl)cc2Cl)CC1. The number of methoxy groups -OCH3 is 1. The van der Waals surface area contributed by atoms with E-state index in [0.717, 1.165) is 5.56 Å². The average Bonchev–Trinajstić information content (AvgIpc) is 3.00. The minimum atomic E-state index is -0.988. The van der Waals surface area contributed by atoms with Gasteiger partial charge in [0, 0.05) is 31.1 Å². The summed E-state index contributed by atoms with van der Waals surface area (Å²) < 4.78 is 46.5. The van der Waals surface area contributed by atoms with E-state index in [1.165, 1.54) is 23.1 Å². The monoisotopic (exact) mass is 632 g/mol. The Hall–Kier alpha value is -3.56. The molecule has 1 saturated heterocycles. The van der Waals surface area contributed by atoms with Crippen LogP contribution in [0.3, 0.4) is 0 Å². The lowest BCUT2D eigenvalue weighted by Crippen LogP contribution is -2.48. The lowest BCUT2D eigenvalue weighted by molar-refractivity contribution is -0.159. The highest BCUT2D eigenvalue weighted by atomic mass is 35.5. The largest absolute Gasteiger partial charge is 0.497 e. The van der Waals surface area contributed by atoms with Crippen molar-refractivity contribution in [2.24, 2.45) is 5.41 Å². The third-order valence-electron chi connectivity index (χ3n) is 8.11. The van der Waals surface area contributed by atoms with Crippen LogP contribution in [0, 0.1) is 17.0 Å². The second-order valence-corrected chi connectivity index (χ2v) is 11.5. The number of hydrogen-bond acceptors (Lipinski definition) is 6. The van der Waals surface area contributed by atoms with Crippen LogP contribution in [-0.4, -0.2) is 45.3 Å². The van der Waals surface area contributed by atoms with Crippen LogP contribution in [0.1, 0.15) is 37.3 Å². The normalized spacial score (nSPS) is 16.1. The van der Waals surface area contributed by atoms with Gasteiger partial charge in [-0.3, -0.25) is 9.59 Å². The summed E-state index contributed by atoms with van der Waals surface area (Å²) in [5.41, 5.74) is 1.09. The quantitative estimate of drug-likeness (QED) is 0.187. The van der Waals surface area contributed by atoms with Crippen molar-refractivity contribution in [3.8, 4) is 11.5 Å². The van der Waals surface area contributed by atoms with Gasteiger partial charge in [-0.2, -0.15) is 0 Å². The first kappa shape index (κ1) is 30.9. The van der Waals surface area contributed by atoms with Crippen molar-refractivity contribution in [3.05, 3.63) is 81.3 Å². The molecule has 228 valence electrons. The third kappa shape index (κ3) is 6.38. The molecule has 0 aromatic heterocycles. The number of nitrogens with zero attached hydrogens (tertiary/aromatic N) is 2. The summed E-state index contributed by atoms with van der Waals surface area (Å²) in [6, 6.07) is 12.7. The first-order chi connectivity index (χ1) is 20.7. The molecule has 2 aliphatic rings. The molecule has 2 heterocycles. The van der Waals surface area contributed by atoms with Crippen molar-refractivity contribution in [2.45, 2.75) is 39.2 Å². The molecule has 0 aliphatic carbocycles. The van der Waals surface area contributed by atoms with Crippen LogP contribution < -0.4 is 19.3 Å². The number of carbonyl (C=O) groups excluding carboxylic acids is 2. The fourth-order valence-electron chi connectivity index (χ4n) is 5.67. The Morgan fingerprint density at radius 3 is 2.37 bits per heavy atom. The Morgan fingerprint density at radius 2 is 1.70 bits per heavy atom. The molecular weight excluding hydrogens is 601 g/mol. The van der Waals surface area contributed by atoms with Crippen molar-refractivity contribution in [2.75, 3.05) is 43.2 Å². The van der Waals surface area contributed by atoms with Crippen molar-refractivity contribution >= 4 is 46.5 Å². The Balaban J connectivity index is 1.37. The van der Waals surface area contributed by atoms with E-state index < -0.39 is 23.0 Å². The molecule has 0 spiro atoms. The molecule has 1 fully saturated rings. The number of benzene rings is 3. The maximum absolute atomic E-state index is 15.3. The molecule has 3 aromatic rings. The number of esters is 1. The highest BCUT2D eigenvalue weighted by molar-refractivity contribution is 6.36. The number of halogens is 4. The smallest absolute Gasteiger partial charge is 0.315 e. The number of carbonyl (C=O) groups is 2. The van der Waals surface area contributed by atoms with Crippen LogP contribution in [0.2, 0.25) is 10.0 Å². The first-order valence-electron chi connectivity index (χ1n) is 14.1. The van der Waals surface area contributed by atoms with E-state index in [-0.39, 0.29) is 42.8 Å². The van der Waals surface area contributed by atoms with Crippen LogP contribution in [0.4, 0.5) is 20.2 Å². The molecule has 1 amide bonds. The summed E-state index contributed by atoms with van der Waals surface area (Å²) in [5.74, 6) is -0.586. The number of ether oxygens (including phenoxy) is 3. The molecule has 2 aliphatic heterocycles. The molecule has 43 heavy (non-hydrogen) atoms. The molecule has 0 saturated carbocycles. The zero-order valence-corrected chi connectivity index (χ0v) is 25.4. The van der Waals surface area contributed by atoms with Crippen LogP contribution in [0.25, 0.3) is 0 Å². The van der Waals surface area contributed by atoms with E-state index in [1.807, 2.05) is 17.0 Å². The van der Waals surface area contributed by atoms with E-state index in [1.54, 1.807) is 32.2 Å². The number of anilines is 2. The van der Waals surface area contributed by atoms with Crippen LogP contribution >= 0.6 is 23.2 Å². The summed E-state index contributed by atoms with van der Waals surface area (Å²) in [6.07, 6.45) is 1.22. The number of piperidine rings is 1. The van der Waals surface area contributed by atoms with Crippen LogP contribution in [-0.2, 0) is 27.3 Å². The predicted molar refractivity (Wildman–Crippen MR) is 161 cm³/mol. The van der Waals surface area contributed by atoms with Gasteiger partial charge in [-0.25, -0.2) is 8.78 Å². The van der Waals surface area contributed by atoms with Gasteiger partial charge in [0.05, 0.1) is 41.7 Å². The summed E-state index contributed by atoms with van der Waals surface area (Å²) in [6.45, 7) is 2.91. The molecule has 0 N–H and O–H groups in total. The topological polar surface area (TPSA) is 68.3 Å². The fourth-order valence-corrected chi connectivity index (χ4v) is 6.17. The first-order valence-corrected chi connectivity index (χ1v) is 14.9. The second kappa shape index (κ2) is 13.0. The van der Waals surface area contributed by atoms with Gasteiger partial charge >= 0.3 is 5.97 Å². The minimum absolute atomic E-state index is 0.00706. The van der Waals surface area contributed by atoms with Gasteiger partial charge in [-0.05, 0) is 62.1 Å². The summed E-state index contributed by atoms with van der Waals surface area (Å²) in [4.78, 5) is 29.6. The summed E-state index contributed by atoms with van der Waals surface area (Å²) >= 11 is 12.2. The standard InChI is InChI=1S/C32H32Cl2F2N2O5/c1-3-42-31(40)32(12-14-37(15-13-32)27-17-26(36)23(33)16-24(27)34)19-43-28-10-9-25(35)30-22(28)8-11-29(39)38(30)18-20-4-6-21(41-2)7-5-20/h4-7,9-10,16-17H,3,8,11-15,18-19H2,1-2H3. The number of fused-ring (bicyclic) bond motifs is 1. The molecule has 0 radical (unpaired) electrons. The molecule has 0 unspecified atom stereocenters. The van der Waals surface area contributed by atoms with Crippen molar-refractivity contribution in [1.29, 1.82) is 0 Å². The van der Waals surface area contributed by atoms with Crippen molar-refractivity contribution in [1.82, 2.24) is 0 Å². The number of rotatable bonds is 9. The van der Waals surface area contributed by atoms with Gasteiger partial charge in [0.2, 0.25) is 5.91 Å². The zero-order valence-electron chi connectivity index (χ0n) is 23.9. The number of hydrogen-bond donors (Lipinski definition) is 0. The fraction of sp³-hybridized carbons (Fsp3) is 0.375. The average molecular weight is 634 g/mol. The lowest BCUT2D eigenvalue weighted by Gasteiger charge is -2.41. The van der Waals surface area contributed by atoms with E-state index in [2.05, 4.69) is 0 Å². The maximum Gasteiger partial charge on any atom is 0.315 e. The molecular formula is C32H32Cl2F2N2O5. The van der Waals surface area contributed by atoms with Gasteiger partial charge in [-0.1, -0.05) is 35.3 Å². The molecule has 0 atom stereocenters. The molecule has 11 heteroatoms. The highest BCUT2D eigenvalue weighted by Gasteiger charge is 2.44. The third-order valence-corrected chi connectivity index (χ3v) is 8.71. The highest BCUT2D eigenvalue weighted by Crippen LogP contribution is 2.42. The van der Waals surface area contributed by atoms with E-state index in [4.69, 9.17) is 37.4 Å². The summed E-state index contributed by atoms with van der Waals surface area (Å²) in [7, 11) is 1.57. The predicted octanol–water partition coefficient (Wildman–Crippen LogP) is 6.99. The Bertz CT molecular complexity index is 1510. The second-order valence-electron chi connectivity index (χ2n) is 10.7. The Morgan fingerprint density at radius 1 is 0.977 bits per heavy atom. The summed E-state index contributed by atoms with van der Waals surface area (Å²) in [5, 5.41) is 0.255. The molecule has 0 bridgehead atoms.